The first kappa shape index (κ1) is 15.3. The minimum absolute atomic E-state index is 0.203. The molecule has 19 heavy (non-hydrogen) atoms. The number of methoxy groups -OCH3 is 1. The van der Waals surface area contributed by atoms with Gasteiger partial charge >= 0.3 is 12.1 Å². The normalized spacial score (nSPS) is 11.8. The maximum absolute atomic E-state index is 13.6. The van der Waals surface area contributed by atoms with Crippen molar-refractivity contribution in [3.8, 4) is 0 Å². The van der Waals surface area contributed by atoms with Crippen molar-refractivity contribution in [2.75, 3.05) is 7.11 Å². The molecule has 106 valence electrons. The van der Waals surface area contributed by atoms with Crippen LogP contribution in [0.25, 0.3) is 0 Å². The van der Waals surface area contributed by atoms with Crippen LogP contribution in [-0.2, 0) is 22.1 Å². The molecule has 3 nitrogen and oxygen atoms in total. The summed E-state index contributed by atoms with van der Waals surface area (Å²) in [4.78, 5) is 14.0. The fourth-order valence-corrected chi connectivity index (χ4v) is 1.33. The van der Waals surface area contributed by atoms with Crippen molar-refractivity contribution in [3.05, 3.63) is 28.8 Å². The van der Waals surface area contributed by atoms with Gasteiger partial charge in [-0.25, -0.2) is 13.2 Å². The highest BCUT2D eigenvalue weighted by molar-refractivity contribution is 5.72. The summed E-state index contributed by atoms with van der Waals surface area (Å²) in [5.74, 6) is -3.03. The van der Waals surface area contributed by atoms with E-state index in [1.807, 2.05) is 0 Å². The maximum Gasteiger partial charge on any atom is 0.419 e. The lowest BCUT2D eigenvalue weighted by Crippen LogP contribution is -2.17. The third kappa shape index (κ3) is 3.36. The molecular weight excluding hydrogens is 280 g/mol. The predicted octanol–water partition coefficient (Wildman–Crippen LogP) is 2.89. The minimum Gasteiger partial charge on any atom is -0.469 e. The first-order valence-electron chi connectivity index (χ1n) is 4.78. The van der Waals surface area contributed by atoms with Gasteiger partial charge in [0.2, 0.25) is 0 Å². The molecule has 0 aromatic carbocycles. The fourth-order valence-electron chi connectivity index (χ4n) is 1.33. The quantitative estimate of drug-likeness (QED) is 0.634. The lowest BCUT2D eigenvalue weighted by molar-refractivity contribution is -0.143. The number of aromatic nitrogens is 1. The molecule has 0 atom stereocenters. The summed E-state index contributed by atoms with van der Waals surface area (Å²) in [5.41, 5.74) is -4.58. The first-order chi connectivity index (χ1) is 8.68. The standard InChI is InChI=1S/C10H7F6NO2/c1-19-6(18)2-5-8(11)7(10(14,15)16)4(3-17-5)9(12)13/h3,9H,2H2,1H3. The highest BCUT2D eigenvalue weighted by Gasteiger charge is 2.40. The van der Waals surface area contributed by atoms with Gasteiger partial charge < -0.3 is 4.74 Å². The molecule has 0 bridgehead atoms. The SMILES string of the molecule is COC(=O)Cc1ncc(C(F)F)c(C(F)(F)F)c1F. The molecule has 0 radical (unpaired) electrons. The van der Waals surface area contributed by atoms with Crippen LogP contribution in [0.1, 0.15) is 23.2 Å². The van der Waals surface area contributed by atoms with Gasteiger partial charge in [-0.1, -0.05) is 0 Å². The zero-order valence-electron chi connectivity index (χ0n) is 9.39. The van der Waals surface area contributed by atoms with Crippen LogP contribution in [-0.4, -0.2) is 18.1 Å². The molecule has 0 spiro atoms. The molecule has 0 aliphatic carbocycles. The second-order valence-corrected chi connectivity index (χ2v) is 3.40. The van der Waals surface area contributed by atoms with Gasteiger partial charge in [0.15, 0.2) is 5.82 Å². The number of ether oxygens (including phenoxy) is 1. The van der Waals surface area contributed by atoms with E-state index in [9.17, 15) is 31.1 Å². The molecule has 0 saturated carbocycles. The predicted molar refractivity (Wildman–Crippen MR) is 49.9 cm³/mol. The summed E-state index contributed by atoms with van der Waals surface area (Å²) in [5, 5.41) is 0. The number of carbonyl (C=O) groups is 1. The largest absolute Gasteiger partial charge is 0.469 e. The second-order valence-electron chi connectivity index (χ2n) is 3.40. The van der Waals surface area contributed by atoms with Gasteiger partial charge in [0.25, 0.3) is 6.43 Å². The molecule has 0 amide bonds. The number of hydrogen-bond donors (Lipinski definition) is 0. The van der Waals surface area contributed by atoms with Crippen molar-refractivity contribution in [3.63, 3.8) is 0 Å². The Hall–Kier alpha value is -1.80. The second kappa shape index (κ2) is 5.45. The summed E-state index contributed by atoms with van der Waals surface area (Å²) >= 11 is 0. The summed E-state index contributed by atoms with van der Waals surface area (Å²) in [6, 6.07) is 0. The van der Waals surface area contributed by atoms with Crippen LogP contribution in [0.3, 0.4) is 0 Å². The number of carbonyl (C=O) groups excluding carboxylic acids is 1. The molecule has 0 aliphatic rings. The van der Waals surface area contributed by atoms with Crippen LogP contribution in [0.5, 0.6) is 0 Å². The van der Waals surface area contributed by atoms with E-state index >= 15 is 0 Å². The monoisotopic (exact) mass is 287 g/mol. The molecule has 1 aromatic rings. The average molecular weight is 287 g/mol. The van der Waals surface area contributed by atoms with Gasteiger partial charge in [0.05, 0.1) is 24.8 Å². The third-order valence-corrected chi connectivity index (χ3v) is 2.18. The number of pyridine rings is 1. The highest BCUT2D eigenvalue weighted by Crippen LogP contribution is 2.38. The van der Waals surface area contributed by atoms with Crippen LogP contribution in [0.15, 0.2) is 6.20 Å². The van der Waals surface area contributed by atoms with Crippen LogP contribution < -0.4 is 0 Å². The van der Waals surface area contributed by atoms with Crippen molar-refractivity contribution in [2.45, 2.75) is 19.0 Å². The minimum atomic E-state index is -5.32. The number of esters is 1. The lowest BCUT2D eigenvalue weighted by Gasteiger charge is -2.14. The van der Waals surface area contributed by atoms with E-state index in [1.165, 1.54) is 0 Å². The van der Waals surface area contributed by atoms with Crippen molar-refractivity contribution in [1.29, 1.82) is 0 Å². The van der Waals surface area contributed by atoms with Crippen molar-refractivity contribution in [1.82, 2.24) is 4.98 Å². The average Bonchev–Trinajstić information content (AvgIpc) is 2.29. The summed E-state index contributed by atoms with van der Waals surface area (Å²) in [6.07, 6.45) is -9.53. The summed E-state index contributed by atoms with van der Waals surface area (Å²) in [7, 11) is 0.943. The van der Waals surface area contributed by atoms with E-state index in [2.05, 4.69) is 9.72 Å². The van der Waals surface area contributed by atoms with Gasteiger partial charge in [-0.05, 0) is 0 Å². The number of nitrogens with zero attached hydrogens (tertiary/aromatic N) is 1. The Balaban J connectivity index is 3.38. The van der Waals surface area contributed by atoms with E-state index in [0.717, 1.165) is 7.11 Å². The Morgan fingerprint density at radius 3 is 2.42 bits per heavy atom. The van der Waals surface area contributed by atoms with Crippen LogP contribution >= 0.6 is 0 Å². The molecule has 1 rings (SSSR count). The molecule has 9 heteroatoms. The number of rotatable bonds is 3. The Morgan fingerprint density at radius 2 is 2.00 bits per heavy atom. The maximum atomic E-state index is 13.6. The zero-order chi connectivity index (χ0) is 14.8. The molecule has 1 heterocycles. The molecule has 1 aromatic heterocycles. The van der Waals surface area contributed by atoms with Crippen molar-refractivity contribution < 1.29 is 35.9 Å². The van der Waals surface area contributed by atoms with Gasteiger partial charge in [-0.15, -0.1) is 0 Å². The van der Waals surface area contributed by atoms with Gasteiger partial charge in [-0.2, -0.15) is 13.2 Å². The van der Waals surface area contributed by atoms with E-state index in [4.69, 9.17) is 0 Å². The van der Waals surface area contributed by atoms with Crippen molar-refractivity contribution >= 4 is 5.97 Å². The molecule has 0 N–H and O–H groups in total. The lowest BCUT2D eigenvalue weighted by atomic mass is 10.1. The van der Waals surface area contributed by atoms with E-state index in [0.29, 0.717) is 0 Å². The summed E-state index contributed by atoms with van der Waals surface area (Å²) < 4.78 is 80.2. The fraction of sp³-hybridized carbons (Fsp3) is 0.400. The number of halogens is 6. The van der Waals surface area contributed by atoms with Crippen molar-refractivity contribution in [2.24, 2.45) is 0 Å². The van der Waals surface area contributed by atoms with Crippen LogP contribution in [0, 0.1) is 5.82 Å². The highest BCUT2D eigenvalue weighted by atomic mass is 19.4. The molecular formula is C10H7F6NO2. The van der Waals surface area contributed by atoms with E-state index < -0.39 is 47.6 Å². The topological polar surface area (TPSA) is 39.2 Å². The van der Waals surface area contributed by atoms with E-state index in [1.54, 1.807) is 0 Å². The zero-order valence-corrected chi connectivity index (χ0v) is 9.39. The number of alkyl halides is 5. The summed E-state index contributed by atoms with van der Waals surface area (Å²) in [6.45, 7) is 0. The Morgan fingerprint density at radius 1 is 1.42 bits per heavy atom. The molecule has 0 saturated heterocycles. The molecule has 0 unspecified atom stereocenters. The number of hydrogen-bond acceptors (Lipinski definition) is 3. The van der Waals surface area contributed by atoms with Gasteiger partial charge in [0, 0.05) is 6.20 Å². The van der Waals surface area contributed by atoms with Crippen LogP contribution in [0.4, 0.5) is 26.3 Å². The van der Waals surface area contributed by atoms with Gasteiger partial charge in [0.1, 0.15) is 5.56 Å². The van der Waals surface area contributed by atoms with Gasteiger partial charge in [-0.3, -0.25) is 9.78 Å². The van der Waals surface area contributed by atoms with E-state index in [-0.39, 0.29) is 6.20 Å². The molecule has 0 aliphatic heterocycles. The smallest absolute Gasteiger partial charge is 0.419 e. The Kier molecular flexibility index (Phi) is 4.38. The van der Waals surface area contributed by atoms with Crippen LogP contribution in [0.2, 0.25) is 0 Å². The Labute approximate surface area is 103 Å². The molecule has 0 fully saturated rings. The first-order valence-corrected chi connectivity index (χ1v) is 4.78. The third-order valence-electron chi connectivity index (χ3n) is 2.18. The Bertz CT molecular complexity index is 486.